The molecule has 0 aliphatic rings. The Balaban J connectivity index is 1.84. The van der Waals surface area contributed by atoms with Gasteiger partial charge in [-0.05, 0) is 36.7 Å². The first-order chi connectivity index (χ1) is 10.2. The van der Waals surface area contributed by atoms with Gasteiger partial charge >= 0.3 is 0 Å². The van der Waals surface area contributed by atoms with Gasteiger partial charge in [-0.1, -0.05) is 12.1 Å². The zero-order valence-corrected chi connectivity index (χ0v) is 12.4. The summed E-state index contributed by atoms with van der Waals surface area (Å²) in [6.07, 6.45) is 3.53. The van der Waals surface area contributed by atoms with Gasteiger partial charge in [0.2, 0.25) is 0 Å². The second kappa shape index (κ2) is 5.88. The molecule has 3 rings (SSSR count). The van der Waals surface area contributed by atoms with E-state index in [4.69, 9.17) is 5.73 Å². The number of nitrogens with one attached hydrogen (secondary N) is 1. The summed E-state index contributed by atoms with van der Waals surface area (Å²) in [4.78, 5) is 8.61. The third-order valence-electron chi connectivity index (χ3n) is 3.04. The Labute approximate surface area is 127 Å². The maximum Gasteiger partial charge on any atom is 0.147 e. The van der Waals surface area contributed by atoms with Crippen LogP contribution in [0.4, 0.5) is 10.8 Å². The van der Waals surface area contributed by atoms with Crippen LogP contribution in [0.3, 0.4) is 0 Å². The average Bonchev–Trinajstić information content (AvgIpc) is 2.87. The first-order valence-electron chi connectivity index (χ1n) is 6.56. The minimum Gasteiger partial charge on any atom is -0.382 e. The van der Waals surface area contributed by atoms with Gasteiger partial charge in [0.25, 0.3) is 0 Å². The van der Waals surface area contributed by atoms with Crippen LogP contribution >= 0.6 is 11.5 Å². The molecule has 0 bridgehead atoms. The minimum atomic E-state index is 0.521. The van der Waals surface area contributed by atoms with Crippen molar-refractivity contribution in [1.82, 2.24) is 14.3 Å². The molecule has 0 aliphatic heterocycles. The van der Waals surface area contributed by atoms with Gasteiger partial charge in [0.05, 0.1) is 17.8 Å². The van der Waals surface area contributed by atoms with E-state index in [9.17, 15) is 0 Å². The van der Waals surface area contributed by atoms with Crippen LogP contribution in [0.25, 0.3) is 11.1 Å². The Morgan fingerprint density at radius 3 is 2.90 bits per heavy atom. The number of aryl methyl sites for hydroxylation is 1. The zero-order chi connectivity index (χ0) is 14.7. The Hall–Kier alpha value is -2.47. The Kier molecular flexibility index (Phi) is 3.79. The lowest BCUT2D eigenvalue weighted by molar-refractivity contribution is 1.02. The number of aromatic nitrogens is 3. The number of nitrogens with zero attached hydrogens (tertiary/aromatic N) is 3. The molecule has 0 amide bonds. The van der Waals surface area contributed by atoms with Gasteiger partial charge < -0.3 is 11.1 Å². The van der Waals surface area contributed by atoms with Crippen molar-refractivity contribution in [2.75, 3.05) is 11.1 Å². The van der Waals surface area contributed by atoms with Gasteiger partial charge in [0.15, 0.2) is 0 Å². The summed E-state index contributed by atoms with van der Waals surface area (Å²) in [5.74, 6) is 0.521. The average molecular weight is 297 g/mol. The van der Waals surface area contributed by atoms with E-state index in [1.54, 1.807) is 12.4 Å². The highest BCUT2D eigenvalue weighted by Crippen LogP contribution is 2.36. The van der Waals surface area contributed by atoms with E-state index in [1.807, 2.05) is 37.3 Å². The highest BCUT2D eigenvalue weighted by molar-refractivity contribution is 7.11. The molecule has 0 saturated carbocycles. The summed E-state index contributed by atoms with van der Waals surface area (Å²) in [7, 11) is 0. The van der Waals surface area contributed by atoms with E-state index in [1.165, 1.54) is 11.5 Å². The van der Waals surface area contributed by atoms with Crippen LogP contribution in [0.15, 0.2) is 42.7 Å². The van der Waals surface area contributed by atoms with E-state index in [0.717, 1.165) is 27.5 Å². The van der Waals surface area contributed by atoms with Crippen LogP contribution in [0.1, 0.15) is 11.4 Å². The van der Waals surface area contributed by atoms with Crippen molar-refractivity contribution in [3.8, 4) is 11.1 Å². The lowest BCUT2D eigenvalue weighted by Crippen LogP contribution is -2.02. The predicted octanol–water partition coefficient (Wildman–Crippen LogP) is 3.10. The molecule has 0 atom stereocenters. The standard InChI is InChI=1S/C15H15N5S/c1-10-4-2-6-12(19-10)9-18-15-13(14(16)20-21-15)11-5-3-7-17-8-11/h2-8,18H,9H2,1H3,(H2,16,20). The molecule has 0 aliphatic carbocycles. The fourth-order valence-electron chi connectivity index (χ4n) is 2.08. The Morgan fingerprint density at radius 2 is 2.14 bits per heavy atom. The van der Waals surface area contributed by atoms with Crippen molar-refractivity contribution in [3.63, 3.8) is 0 Å². The van der Waals surface area contributed by atoms with Crippen molar-refractivity contribution in [2.45, 2.75) is 13.5 Å². The van der Waals surface area contributed by atoms with Crippen molar-refractivity contribution >= 4 is 22.4 Å². The lowest BCUT2D eigenvalue weighted by atomic mass is 10.1. The normalized spacial score (nSPS) is 10.5. The van der Waals surface area contributed by atoms with Crippen LogP contribution in [0, 0.1) is 6.92 Å². The monoisotopic (exact) mass is 297 g/mol. The highest BCUT2D eigenvalue weighted by Gasteiger charge is 2.13. The molecule has 3 N–H and O–H groups in total. The smallest absolute Gasteiger partial charge is 0.147 e. The third-order valence-corrected chi connectivity index (χ3v) is 3.86. The number of nitrogen functional groups attached to an aromatic ring is 1. The van der Waals surface area contributed by atoms with E-state index >= 15 is 0 Å². The molecule has 0 fully saturated rings. The van der Waals surface area contributed by atoms with Crippen molar-refractivity contribution in [2.24, 2.45) is 0 Å². The van der Waals surface area contributed by atoms with E-state index in [0.29, 0.717) is 12.4 Å². The van der Waals surface area contributed by atoms with Gasteiger partial charge in [0, 0.05) is 23.7 Å². The predicted molar refractivity (Wildman–Crippen MR) is 86.1 cm³/mol. The second-order valence-corrected chi connectivity index (χ2v) is 5.41. The summed E-state index contributed by atoms with van der Waals surface area (Å²) in [5, 5.41) is 4.30. The quantitative estimate of drug-likeness (QED) is 0.774. The zero-order valence-electron chi connectivity index (χ0n) is 11.6. The van der Waals surface area contributed by atoms with Crippen molar-refractivity contribution in [3.05, 3.63) is 54.1 Å². The lowest BCUT2D eigenvalue weighted by Gasteiger charge is -2.07. The molecular weight excluding hydrogens is 282 g/mol. The maximum atomic E-state index is 5.98. The summed E-state index contributed by atoms with van der Waals surface area (Å²) in [6.45, 7) is 2.62. The second-order valence-electron chi connectivity index (χ2n) is 4.64. The first-order valence-corrected chi connectivity index (χ1v) is 7.33. The van der Waals surface area contributed by atoms with Gasteiger partial charge in [-0.25, -0.2) is 0 Å². The SMILES string of the molecule is Cc1cccc(CNc2snc(N)c2-c2cccnc2)n1. The van der Waals surface area contributed by atoms with Gasteiger partial charge in [-0.2, -0.15) is 4.37 Å². The van der Waals surface area contributed by atoms with E-state index in [2.05, 4.69) is 19.7 Å². The number of rotatable bonds is 4. The van der Waals surface area contributed by atoms with Crippen LogP contribution in [0.5, 0.6) is 0 Å². The van der Waals surface area contributed by atoms with Crippen LogP contribution in [-0.4, -0.2) is 14.3 Å². The summed E-state index contributed by atoms with van der Waals surface area (Å²) in [6, 6.07) is 9.84. The minimum absolute atomic E-state index is 0.521. The highest BCUT2D eigenvalue weighted by atomic mass is 32.1. The third kappa shape index (κ3) is 3.00. The van der Waals surface area contributed by atoms with E-state index < -0.39 is 0 Å². The fraction of sp³-hybridized carbons (Fsp3) is 0.133. The van der Waals surface area contributed by atoms with Crippen molar-refractivity contribution < 1.29 is 0 Å². The van der Waals surface area contributed by atoms with E-state index in [-0.39, 0.29) is 0 Å². The molecule has 0 radical (unpaired) electrons. The molecule has 3 aromatic heterocycles. The molecule has 21 heavy (non-hydrogen) atoms. The topological polar surface area (TPSA) is 76.7 Å². The molecule has 3 heterocycles. The summed E-state index contributed by atoms with van der Waals surface area (Å²) >= 11 is 1.35. The summed E-state index contributed by atoms with van der Waals surface area (Å²) in [5.41, 5.74) is 9.84. The molecule has 0 spiro atoms. The molecule has 3 aromatic rings. The molecule has 0 unspecified atom stereocenters. The van der Waals surface area contributed by atoms with Gasteiger partial charge in [-0.3, -0.25) is 9.97 Å². The molecule has 6 heteroatoms. The van der Waals surface area contributed by atoms with Gasteiger partial charge in [0.1, 0.15) is 10.8 Å². The molecule has 5 nitrogen and oxygen atoms in total. The maximum absolute atomic E-state index is 5.98. The van der Waals surface area contributed by atoms with Crippen LogP contribution in [-0.2, 0) is 6.54 Å². The number of nitrogens with two attached hydrogens (primary N) is 1. The summed E-state index contributed by atoms with van der Waals surface area (Å²) < 4.78 is 4.23. The van der Waals surface area contributed by atoms with Crippen molar-refractivity contribution in [1.29, 1.82) is 0 Å². The van der Waals surface area contributed by atoms with Crippen LogP contribution < -0.4 is 11.1 Å². The number of hydrogen-bond donors (Lipinski definition) is 2. The number of pyridine rings is 2. The first kappa shape index (κ1) is 13.5. The van der Waals surface area contributed by atoms with Crippen LogP contribution in [0.2, 0.25) is 0 Å². The Morgan fingerprint density at radius 1 is 1.24 bits per heavy atom. The number of hydrogen-bond acceptors (Lipinski definition) is 6. The molecular formula is C15H15N5S. The van der Waals surface area contributed by atoms with Gasteiger partial charge in [-0.15, -0.1) is 0 Å². The fourth-order valence-corrected chi connectivity index (χ4v) is 2.81. The largest absolute Gasteiger partial charge is 0.382 e. The number of anilines is 2. The molecule has 106 valence electrons. The molecule has 0 saturated heterocycles. The molecule has 0 aromatic carbocycles. The Bertz CT molecular complexity index is 739.